The molecule has 0 saturated heterocycles. The van der Waals surface area contributed by atoms with E-state index >= 15 is 0 Å². The standard InChI is InChI=1S/C9H17NO2/c1-4-5-6(2)8(11)7(3)9(10)12/h5,7-8,11H,4H2,1-3H3,(H2,10,12)/b6-5+. The third-order valence-electron chi connectivity index (χ3n) is 1.92. The van der Waals surface area contributed by atoms with E-state index in [2.05, 4.69) is 0 Å². The summed E-state index contributed by atoms with van der Waals surface area (Å²) in [6.45, 7) is 5.40. The van der Waals surface area contributed by atoms with Crippen molar-refractivity contribution in [3.63, 3.8) is 0 Å². The predicted octanol–water partition coefficient (Wildman–Crippen LogP) is 0.825. The van der Waals surface area contributed by atoms with Crippen molar-refractivity contribution in [1.29, 1.82) is 0 Å². The molecule has 0 heterocycles. The topological polar surface area (TPSA) is 63.3 Å². The molecule has 0 spiro atoms. The Morgan fingerprint density at radius 1 is 1.67 bits per heavy atom. The second-order valence-corrected chi connectivity index (χ2v) is 2.99. The van der Waals surface area contributed by atoms with Gasteiger partial charge in [0.2, 0.25) is 5.91 Å². The van der Waals surface area contributed by atoms with Crippen molar-refractivity contribution in [1.82, 2.24) is 0 Å². The fourth-order valence-electron chi connectivity index (χ4n) is 0.993. The van der Waals surface area contributed by atoms with Crippen molar-refractivity contribution in [2.45, 2.75) is 33.3 Å². The van der Waals surface area contributed by atoms with Crippen LogP contribution in [0.1, 0.15) is 27.2 Å². The SMILES string of the molecule is CC/C=C(\C)C(O)C(C)C(N)=O. The van der Waals surface area contributed by atoms with Gasteiger partial charge in [-0.1, -0.05) is 19.9 Å². The number of carbonyl (C=O) groups is 1. The minimum atomic E-state index is -0.734. The highest BCUT2D eigenvalue weighted by atomic mass is 16.3. The number of aliphatic hydroxyl groups excluding tert-OH is 1. The molecular formula is C9H17NO2. The first-order chi connectivity index (χ1) is 5.50. The Morgan fingerprint density at radius 3 is 2.50 bits per heavy atom. The Labute approximate surface area is 73.3 Å². The molecule has 0 aromatic carbocycles. The van der Waals surface area contributed by atoms with Crippen LogP contribution in [-0.2, 0) is 4.79 Å². The largest absolute Gasteiger partial charge is 0.388 e. The summed E-state index contributed by atoms with van der Waals surface area (Å²) in [5.74, 6) is -0.973. The molecule has 12 heavy (non-hydrogen) atoms. The van der Waals surface area contributed by atoms with Crippen molar-refractivity contribution >= 4 is 5.91 Å². The summed E-state index contributed by atoms with van der Waals surface area (Å²) in [6, 6.07) is 0. The van der Waals surface area contributed by atoms with Gasteiger partial charge in [0, 0.05) is 0 Å². The van der Waals surface area contributed by atoms with Gasteiger partial charge in [0.25, 0.3) is 0 Å². The van der Waals surface area contributed by atoms with Crippen LogP contribution in [0.15, 0.2) is 11.6 Å². The maximum atomic E-state index is 10.7. The molecule has 2 atom stereocenters. The molecular weight excluding hydrogens is 154 g/mol. The lowest BCUT2D eigenvalue weighted by Crippen LogP contribution is -2.31. The fourth-order valence-corrected chi connectivity index (χ4v) is 0.993. The molecule has 0 rings (SSSR count). The number of aliphatic hydroxyl groups is 1. The number of nitrogens with two attached hydrogens (primary N) is 1. The number of amides is 1. The molecule has 3 heteroatoms. The number of hydrogen-bond acceptors (Lipinski definition) is 2. The van der Waals surface area contributed by atoms with Crippen molar-refractivity contribution < 1.29 is 9.90 Å². The lowest BCUT2D eigenvalue weighted by Gasteiger charge is -2.16. The Balaban J connectivity index is 4.28. The molecule has 0 aromatic heterocycles. The smallest absolute Gasteiger partial charge is 0.223 e. The zero-order chi connectivity index (χ0) is 9.72. The van der Waals surface area contributed by atoms with Gasteiger partial charge in [-0.05, 0) is 18.9 Å². The molecule has 0 bridgehead atoms. The molecule has 70 valence electrons. The molecule has 0 aliphatic heterocycles. The monoisotopic (exact) mass is 171 g/mol. The van der Waals surface area contributed by atoms with Crippen molar-refractivity contribution in [3.05, 3.63) is 11.6 Å². The van der Waals surface area contributed by atoms with Gasteiger partial charge in [-0.15, -0.1) is 0 Å². The Bertz CT molecular complexity index is 187. The predicted molar refractivity (Wildman–Crippen MR) is 48.4 cm³/mol. The summed E-state index contributed by atoms with van der Waals surface area (Å²) in [4.78, 5) is 10.7. The van der Waals surface area contributed by atoms with Crippen molar-refractivity contribution in [2.75, 3.05) is 0 Å². The summed E-state index contributed by atoms with van der Waals surface area (Å²) in [5, 5.41) is 9.52. The van der Waals surface area contributed by atoms with Gasteiger partial charge in [0.15, 0.2) is 0 Å². The van der Waals surface area contributed by atoms with Crippen molar-refractivity contribution in [2.24, 2.45) is 11.7 Å². The van der Waals surface area contributed by atoms with E-state index in [0.717, 1.165) is 12.0 Å². The molecule has 0 saturated carbocycles. The van der Waals surface area contributed by atoms with Gasteiger partial charge in [0.05, 0.1) is 12.0 Å². The number of primary amides is 1. The summed E-state index contributed by atoms with van der Waals surface area (Å²) >= 11 is 0. The van der Waals surface area contributed by atoms with Gasteiger partial charge in [-0.2, -0.15) is 0 Å². The minimum Gasteiger partial charge on any atom is -0.388 e. The van der Waals surface area contributed by atoms with Gasteiger partial charge in [0.1, 0.15) is 0 Å². The quantitative estimate of drug-likeness (QED) is 0.615. The molecule has 2 unspecified atom stereocenters. The minimum absolute atomic E-state index is 0.466. The van der Waals surface area contributed by atoms with Gasteiger partial charge < -0.3 is 10.8 Å². The van der Waals surface area contributed by atoms with Crippen LogP contribution in [0.3, 0.4) is 0 Å². The van der Waals surface area contributed by atoms with Crippen LogP contribution in [0.25, 0.3) is 0 Å². The van der Waals surface area contributed by atoms with Crippen LogP contribution in [0.5, 0.6) is 0 Å². The van der Waals surface area contributed by atoms with E-state index in [1.165, 1.54) is 0 Å². The average molecular weight is 171 g/mol. The highest BCUT2D eigenvalue weighted by Crippen LogP contribution is 2.11. The average Bonchev–Trinajstić information content (AvgIpc) is 2.02. The molecule has 0 aliphatic rings. The van der Waals surface area contributed by atoms with E-state index in [-0.39, 0.29) is 0 Å². The second-order valence-electron chi connectivity index (χ2n) is 2.99. The summed E-state index contributed by atoms with van der Waals surface area (Å²) in [6.07, 6.45) is 2.01. The van der Waals surface area contributed by atoms with Crippen LogP contribution in [0.2, 0.25) is 0 Å². The number of rotatable bonds is 4. The lowest BCUT2D eigenvalue weighted by atomic mass is 9.97. The third kappa shape index (κ3) is 3.05. The van der Waals surface area contributed by atoms with E-state index in [1.54, 1.807) is 13.8 Å². The first kappa shape index (κ1) is 11.2. The van der Waals surface area contributed by atoms with Crippen molar-refractivity contribution in [3.8, 4) is 0 Å². The zero-order valence-corrected chi connectivity index (χ0v) is 7.87. The van der Waals surface area contributed by atoms with Crippen LogP contribution < -0.4 is 5.73 Å². The Hall–Kier alpha value is -0.830. The fraction of sp³-hybridized carbons (Fsp3) is 0.667. The van der Waals surface area contributed by atoms with Crippen LogP contribution in [0, 0.1) is 5.92 Å². The first-order valence-electron chi connectivity index (χ1n) is 4.14. The van der Waals surface area contributed by atoms with Crippen LogP contribution in [0.4, 0.5) is 0 Å². The molecule has 0 fully saturated rings. The third-order valence-corrected chi connectivity index (χ3v) is 1.92. The molecule has 1 amide bonds. The lowest BCUT2D eigenvalue weighted by molar-refractivity contribution is -0.123. The number of carbonyl (C=O) groups excluding carboxylic acids is 1. The van der Waals surface area contributed by atoms with Gasteiger partial charge >= 0.3 is 0 Å². The second kappa shape index (κ2) is 4.93. The summed E-state index contributed by atoms with van der Waals surface area (Å²) in [7, 11) is 0. The highest BCUT2D eigenvalue weighted by Gasteiger charge is 2.20. The number of hydrogen-bond donors (Lipinski definition) is 2. The van der Waals surface area contributed by atoms with E-state index in [1.807, 2.05) is 13.0 Å². The van der Waals surface area contributed by atoms with E-state index in [4.69, 9.17) is 5.73 Å². The van der Waals surface area contributed by atoms with E-state index < -0.39 is 17.9 Å². The molecule has 3 nitrogen and oxygen atoms in total. The molecule has 0 radical (unpaired) electrons. The van der Waals surface area contributed by atoms with E-state index in [9.17, 15) is 9.90 Å². The Kier molecular flexibility index (Phi) is 4.59. The maximum absolute atomic E-state index is 10.7. The molecule has 3 N–H and O–H groups in total. The van der Waals surface area contributed by atoms with Gasteiger partial charge in [-0.3, -0.25) is 4.79 Å². The maximum Gasteiger partial charge on any atom is 0.223 e. The van der Waals surface area contributed by atoms with Crippen LogP contribution in [-0.4, -0.2) is 17.1 Å². The van der Waals surface area contributed by atoms with E-state index in [0.29, 0.717) is 0 Å². The summed E-state index contributed by atoms with van der Waals surface area (Å²) < 4.78 is 0. The van der Waals surface area contributed by atoms with Crippen LogP contribution >= 0.6 is 0 Å². The normalized spacial score (nSPS) is 17.2. The molecule has 0 aromatic rings. The molecule has 0 aliphatic carbocycles. The number of allylic oxidation sites excluding steroid dienone is 1. The summed E-state index contributed by atoms with van der Waals surface area (Å²) in [5.41, 5.74) is 5.85. The Morgan fingerprint density at radius 2 is 2.17 bits per heavy atom. The zero-order valence-electron chi connectivity index (χ0n) is 7.87. The highest BCUT2D eigenvalue weighted by molar-refractivity contribution is 5.77. The van der Waals surface area contributed by atoms with Gasteiger partial charge in [-0.25, -0.2) is 0 Å². The first-order valence-corrected chi connectivity index (χ1v) is 4.14.